The van der Waals surface area contributed by atoms with Crippen molar-refractivity contribution in [1.29, 1.82) is 0 Å². The Bertz CT molecular complexity index is 451. The van der Waals surface area contributed by atoms with Crippen molar-refractivity contribution in [3.8, 4) is 0 Å². The Kier molecular flexibility index (Phi) is 3.79. The first-order valence-corrected chi connectivity index (χ1v) is 6.28. The predicted molar refractivity (Wildman–Crippen MR) is 65.1 cm³/mol. The highest BCUT2D eigenvalue weighted by molar-refractivity contribution is 5.71. The zero-order valence-corrected chi connectivity index (χ0v) is 10.7. The van der Waals surface area contributed by atoms with Crippen molar-refractivity contribution in [2.45, 2.75) is 39.0 Å². The molecule has 0 radical (unpaired) electrons. The minimum Gasteiger partial charge on any atom is -0.481 e. The zero-order valence-electron chi connectivity index (χ0n) is 10.7. The number of carbonyl (C=O) groups is 1. The maximum atomic E-state index is 11.2. The van der Waals surface area contributed by atoms with Crippen LogP contribution < -0.4 is 0 Å². The molecule has 2 atom stereocenters. The molecule has 5 heteroatoms. The van der Waals surface area contributed by atoms with Crippen LogP contribution in [0.4, 0.5) is 0 Å². The van der Waals surface area contributed by atoms with Crippen LogP contribution in [0, 0.1) is 11.8 Å². The van der Waals surface area contributed by atoms with E-state index in [0.29, 0.717) is 30.5 Å². The summed E-state index contributed by atoms with van der Waals surface area (Å²) in [7, 11) is 0. The van der Waals surface area contributed by atoms with E-state index >= 15 is 0 Å². The van der Waals surface area contributed by atoms with E-state index in [2.05, 4.69) is 24.0 Å². The molecular weight excluding hydrogens is 232 g/mol. The van der Waals surface area contributed by atoms with Crippen molar-refractivity contribution in [2.24, 2.45) is 11.8 Å². The standard InChI is InChI=1S/C13H18N2O3/c1-8(2)7-11-14-12(18-15-11)9-5-3-4-6-10(9)13(16)17/h3-4,8-10H,5-7H2,1-2H3,(H,16,17). The molecule has 18 heavy (non-hydrogen) atoms. The Labute approximate surface area is 106 Å². The Balaban J connectivity index is 2.16. The molecule has 0 aromatic carbocycles. The summed E-state index contributed by atoms with van der Waals surface area (Å²) in [6.45, 7) is 4.17. The molecule has 0 spiro atoms. The van der Waals surface area contributed by atoms with Gasteiger partial charge in [-0.3, -0.25) is 4.79 Å². The van der Waals surface area contributed by atoms with E-state index in [0.717, 1.165) is 6.42 Å². The summed E-state index contributed by atoms with van der Waals surface area (Å²) in [6, 6.07) is 0. The fourth-order valence-electron chi connectivity index (χ4n) is 2.23. The van der Waals surface area contributed by atoms with Gasteiger partial charge in [-0.25, -0.2) is 0 Å². The third-order valence-electron chi connectivity index (χ3n) is 3.14. The smallest absolute Gasteiger partial charge is 0.307 e. The van der Waals surface area contributed by atoms with Crippen LogP contribution in [0.25, 0.3) is 0 Å². The quantitative estimate of drug-likeness (QED) is 0.830. The molecule has 1 N–H and O–H groups in total. The highest BCUT2D eigenvalue weighted by atomic mass is 16.5. The third-order valence-corrected chi connectivity index (χ3v) is 3.14. The summed E-state index contributed by atoms with van der Waals surface area (Å²) in [4.78, 5) is 15.5. The first-order chi connectivity index (χ1) is 8.58. The number of nitrogens with zero attached hydrogens (tertiary/aromatic N) is 2. The number of hydrogen-bond donors (Lipinski definition) is 1. The lowest BCUT2D eigenvalue weighted by Crippen LogP contribution is -2.23. The average molecular weight is 250 g/mol. The summed E-state index contributed by atoms with van der Waals surface area (Å²) in [5, 5.41) is 13.1. The Morgan fingerprint density at radius 1 is 1.50 bits per heavy atom. The summed E-state index contributed by atoms with van der Waals surface area (Å²) in [5.74, 6) is 0.134. The molecule has 1 heterocycles. The van der Waals surface area contributed by atoms with Crippen LogP contribution in [-0.2, 0) is 11.2 Å². The maximum Gasteiger partial charge on any atom is 0.307 e. The molecule has 0 fully saturated rings. The summed E-state index contributed by atoms with van der Waals surface area (Å²) in [5.41, 5.74) is 0. The molecule has 2 unspecified atom stereocenters. The second-order valence-corrected chi connectivity index (χ2v) is 5.14. The van der Waals surface area contributed by atoms with Gasteiger partial charge in [0.05, 0.1) is 11.8 Å². The van der Waals surface area contributed by atoms with Gasteiger partial charge in [-0.1, -0.05) is 31.2 Å². The van der Waals surface area contributed by atoms with Crippen LogP contribution in [0.1, 0.15) is 44.3 Å². The molecule has 0 saturated heterocycles. The number of allylic oxidation sites excluding steroid dienone is 2. The highest BCUT2D eigenvalue weighted by Gasteiger charge is 2.33. The van der Waals surface area contributed by atoms with Gasteiger partial charge in [0, 0.05) is 6.42 Å². The third kappa shape index (κ3) is 2.78. The fraction of sp³-hybridized carbons (Fsp3) is 0.615. The van der Waals surface area contributed by atoms with E-state index in [1.807, 2.05) is 12.2 Å². The van der Waals surface area contributed by atoms with E-state index in [9.17, 15) is 9.90 Å². The van der Waals surface area contributed by atoms with Crippen molar-refractivity contribution in [3.63, 3.8) is 0 Å². The van der Waals surface area contributed by atoms with Crippen LogP contribution in [0.15, 0.2) is 16.7 Å². The van der Waals surface area contributed by atoms with Crippen LogP contribution in [0.5, 0.6) is 0 Å². The van der Waals surface area contributed by atoms with Gasteiger partial charge in [0.25, 0.3) is 0 Å². The van der Waals surface area contributed by atoms with Crippen LogP contribution in [0.2, 0.25) is 0 Å². The van der Waals surface area contributed by atoms with Gasteiger partial charge in [0.15, 0.2) is 5.82 Å². The fourth-order valence-corrected chi connectivity index (χ4v) is 2.23. The molecule has 1 aliphatic carbocycles. The van der Waals surface area contributed by atoms with Gasteiger partial charge < -0.3 is 9.63 Å². The number of carboxylic acids is 1. The number of aliphatic carboxylic acids is 1. The lowest BCUT2D eigenvalue weighted by atomic mass is 9.83. The second kappa shape index (κ2) is 5.33. The second-order valence-electron chi connectivity index (χ2n) is 5.14. The maximum absolute atomic E-state index is 11.2. The van der Waals surface area contributed by atoms with E-state index in [1.165, 1.54) is 0 Å². The SMILES string of the molecule is CC(C)Cc1noc(C2CC=CCC2C(=O)O)n1. The lowest BCUT2D eigenvalue weighted by Gasteiger charge is -2.21. The number of rotatable bonds is 4. The molecule has 1 aromatic heterocycles. The van der Waals surface area contributed by atoms with Crippen molar-refractivity contribution >= 4 is 5.97 Å². The van der Waals surface area contributed by atoms with Gasteiger partial charge in [0.1, 0.15) is 0 Å². The Hall–Kier alpha value is -1.65. The molecule has 0 aliphatic heterocycles. The number of aromatic nitrogens is 2. The average Bonchev–Trinajstić information content (AvgIpc) is 2.76. The van der Waals surface area contributed by atoms with Crippen LogP contribution in [-0.4, -0.2) is 21.2 Å². The molecule has 1 aliphatic rings. The van der Waals surface area contributed by atoms with Gasteiger partial charge in [-0.2, -0.15) is 4.98 Å². The summed E-state index contributed by atoms with van der Waals surface area (Å²) >= 11 is 0. The van der Waals surface area contributed by atoms with E-state index in [-0.39, 0.29) is 5.92 Å². The molecule has 0 saturated carbocycles. The topological polar surface area (TPSA) is 76.2 Å². The molecule has 0 amide bonds. The van der Waals surface area contributed by atoms with Crippen molar-refractivity contribution in [1.82, 2.24) is 10.1 Å². The van der Waals surface area contributed by atoms with Gasteiger partial charge in [0.2, 0.25) is 5.89 Å². The number of hydrogen-bond acceptors (Lipinski definition) is 4. The molecule has 1 aromatic rings. The molecule has 5 nitrogen and oxygen atoms in total. The Morgan fingerprint density at radius 3 is 2.89 bits per heavy atom. The summed E-state index contributed by atoms with van der Waals surface area (Å²) < 4.78 is 5.23. The minimum absolute atomic E-state index is 0.194. The van der Waals surface area contributed by atoms with Crippen LogP contribution >= 0.6 is 0 Å². The van der Waals surface area contributed by atoms with Gasteiger partial charge in [-0.15, -0.1) is 0 Å². The largest absolute Gasteiger partial charge is 0.481 e. The first kappa shape index (κ1) is 12.8. The van der Waals surface area contributed by atoms with Crippen molar-refractivity contribution in [3.05, 3.63) is 23.9 Å². The van der Waals surface area contributed by atoms with Crippen molar-refractivity contribution < 1.29 is 14.4 Å². The minimum atomic E-state index is -0.798. The van der Waals surface area contributed by atoms with E-state index in [4.69, 9.17) is 4.52 Å². The van der Waals surface area contributed by atoms with Crippen molar-refractivity contribution in [2.75, 3.05) is 0 Å². The predicted octanol–water partition coefficient (Wildman–Crippen LogP) is 2.40. The normalized spacial score (nSPS) is 23.5. The van der Waals surface area contributed by atoms with E-state index in [1.54, 1.807) is 0 Å². The molecule has 2 rings (SSSR count). The lowest BCUT2D eigenvalue weighted by molar-refractivity contribution is -0.142. The monoisotopic (exact) mass is 250 g/mol. The van der Waals surface area contributed by atoms with Crippen LogP contribution in [0.3, 0.4) is 0 Å². The molecular formula is C13H18N2O3. The molecule has 0 bridgehead atoms. The zero-order chi connectivity index (χ0) is 13.1. The van der Waals surface area contributed by atoms with E-state index < -0.39 is 11.9 Å². The number of carboxylic acid groups (broad SMARTS) is 1. The Morgan fingerprint density at radius 2 is 2.22 bits per heavy atom. The van der Waals surface area contributed by atoms with Gasteiger partial charge in [-0.05, 0) is 18.8 Å². The highest BCUT2D eigenvalue weighted by Crippen LogP contribution is 2.33. The van der Waals surface area contributed by atoms with Gasteiger partial charge >= 0.3 is 5.97 Å². The first-order valence-electron chi connectivity index (χ1n) is 6.28. The summed E-state index contributed by atoms with van der Waals surface area (Å²) in [6.07, 6.45) is 5.82. The molecule has 98 valence electrons.